The van der Waals surface area contributed by atoms with Gasteiger partial charge in [0.05, 0.1) is 11.1 Å². The van der Waals surface area contributed by atoms with Crippen molar-refractivity contribution in [3.8, 4) is 66.8 Å². The van der Waals surface area contributed by atoms with Crippen molar-refractivity contribution < 1.29 is 0 Å². The van der Waals surface area contributed by atoms with Crippen molar-refractivity contribution in [3.63, 3.8) is 0 Å². The summed E-state index contributed by atoms with van der Waals surface area (Å²) in [7, 11) is 0. The Morgan fingerprint density at radius 2 is 0.707 bits per heavy atom. The van der Waals surface area contributed by atoms with Crippen molar-refractivity contribution in [2.24, 2.45) is 0 Å². The van der Waals surface area contributed by atoms with Gasteiger partial charge in [-0.05, 0) is 164 Å². The highest BCUT2D eigenvalue weighted by atomic mass is 15.1. The lowest BCUT2D eigenvalue weighted by Gasteiger charge is -2.35. The van der Waals surface area contributed by atoms with E-state index in [0.717, 1.165) is 17.1 Å². The number of hydrogen-bond donors (Lipinski definition) is 0. The molecule has 3 aliphatic rings. The molecule has 14 rings (SSSR count). The van der Waals surface area contributed by atoms with E-state index in [1.165, 1.54) is 122 Å². The molecule has 400 valence electrons. The molecule has 0 unspecified atom stereocenters. The summed E-state index contributed by atoms with van der Waals surface area (Å²) < 4.78 is 0. The monoisotopic (exact) mass is 1060 g/mol. The molecular weight excluding hydrogens is 987 g/mol. The Labute approximate surface area is 486 Å². The standard InChI is InChI=1S/C81H71N/c1-77(2,3)55-38-42-57(43-39-55)81(58-44-40-56(41-45-58)78(4,5)6)71-30-18-15-25-68(71)75-72(81)31-20-32-74(75)82(59-46-33-52(34-47-59)54-37-50-65-63-23-13-16-28-69(63)79(7,8)73(65)51-54)60-48-35-53(36-49-60)61-21-11-12-22-62(61)66-26-19-27-67-64-24-14-17-29-70(64)80(9,10)76(66)67/h11-51H,1-10H3. The third-order valence-electron chi connectivity index (χ3n) is 18.9. The summed E-state index contributed by atoms with van der Waals surface area (Å²) in [6.45, 7) is 23.4. The molecule has 82 heavy (non-hydrogen) atoms. The van der Waals surface area contributed by atoms with E-state index in [1.807, 2.05) is 0 Å². The van der Waals surface area contributed by atoms with Gasteiger partial charge in [-0.2, -0.15) is 0 Å². The third kappa shape index (κ3) is 7.80. The minimum atomic E-state index is -0.591. The Balaban J connectivity index is 0.947. The van der Waals surface area contributed by atoms with Crippen LogP contribution in [0.15, 0.2) is 249 Å². The van der Waals surface area contributed by atoms with Crippen molar-refractivity contribution in [3.05, 3.63) is 304 Å². The first-order valence-electron chi connectivity index (χ1n) is 29.5. The molecule has 11 aromatic carbocycles. The summed E-state index contributed by atoms with van der Waals surface area (Å²) in [5.41, 5.74) is 31.1. The molecule has 0 saturated heterocycles. The summed E-state index contributed by atoms with van der Waals surface area (Å²) in [4.78, 5) is 2.52. The molecule has 0 fully saturated rings. The zero-order valence-corrected chi connectivity index (χ0v) is 49.1. The van der Waals surface area contributed by atoms with Crippen LogP contribution < -0.4 is 4.90 Å². The highest BCUT2D eigenvalue weighted by Crippen LogP contribution is 2.60. The average Bonchev–Trinajstić information content (AvgIpc) is 2.17. The molecule has 3 aliphatic carbocycles. The fourth-order valence-electron chi connectivity index (χ4n) is 14.7. The first-order valence-corrected chi connectivity index (χ1v) is 29.5. The molecule has 0 bridgehead atoms. The average molecular weight is 1060 g/mol. The Hall–Kier alpha value is -8.78. The van der Waals surface area contributed by atoms with E-state index in [0.29, 0.717) is 0 Å². The van der Waals surface area contributed by atoms with Gasteiger partial charge in [0.2, 0.25) is 0 Å². The van der Waals surface area contributed by atoms with Crippen LogP contribution in [0.2, 0.25) is 0 Å². The van der Waals surface area contributed by atoms with Gasteiger partial charge < -0.3 is 4.90 Å². The Bertz CT molecular complexity index is 4250. The van der Waals surface area contributed by atoms with E-state index in [4.69, 9.17) is 0 Å². The number of benzene rings is 11. The topological polar surface area (TPSA) is 3.24 Å². The fraction of sp³-hybridized carbons (Fsp3) is 0.185. The van der Waals surface area contributed by atoms with E-state index < -0.39 is 5.41 Å². The lowest BCUT2D eigenvalue weighted by Crippen LogP contribution is -2.29. The van der Waals surface area contributed by atoms with E-state index >= 15 is 0 Å². The van der Waals surface area contributed by atoms with Crippen molar-refractivity contribution in [1.29, 1.82) is 0 Å². The van der Waals surface area contributed by atoms with Crippen molar-refractivity contribution in [2.75, 3.05) is 4.90 Å². The molecule has 0 N–H and O–H groups in total. The van der Waals surface area contributed by atoms with Crippen LogP contribution >= 0.6 is 0 Å². The molecule has 0 atom stereocenters. The van der Waals surface area contributed by atoms with Crippen molar-refractivity contribution in [2.45, 2.75) is 96.3 Å². The van der Waals surface area contributed by atoms with Gasteiger partial charge in [-0.1, -0.05) is 282 Å². The van der Waals surface area contributed by atoms with Crippen LogP contribution in [0.3, 0.4) is 0 Å². The highest BCUT2D eigenvalue weighted by Gasteiger charge is 2.48. The highest BCUT2D eigenvalue weighted by molar-refractivity contribution is 5.99. The van der Waals surface area contributed by atoms with E-state index in [1.54, 1.807) is 0 Å². The van der Waals surface area contributed by atoms with Gasteiger partial charge in [-0.25, -0.2) is 0 Å². The van der Waals surface area contributed by atoms with E-state index in [9.17, 15) is 0 Å². The molecule has 0 aromatic heterocycles. The summed E-state index contributed by atoms with van der Waals surface area (Å²) in [6, 6.07) is 94.9. The van der Waals surface area contributed by atoms with Crippen LogP contribution in [0.5, 0.6) is 0 Å². The molecule has 0 radical (unpaired) electrons. The van der Waals surface area contributed by atoms with Crippen LogP contribution in [0.25, 0.3) is 66.8 Å². The van der Waals surface area contributed by atoms with Gasteiger partial charge in [0.1, 0.15) is 0 Å². The Kier molecular flexibility index (Phi) is 11.7. The predicted molar refractivity (Wildman–Crippen MR) is 347 cm³/mol. The molecule has 11 aromatic rings. The Morgan fingerprint density at radius 1 is 0.293 bits per heavy atom. The van der Waals surface area contributed by atoms with Gasteiger partial charge >= 0.3 is 0 Å². The maximum Gasteiger partial charge on any atom is 0.0714 e. The molecule has 0 spiro atoms. The van der Waals surface area contributed by atoms with Crippen molar-refractivity contribution in [1.82, 2.24) is 0 Å². The molecule has 1 nitrogen and oxygen atoms in total. The number of anilines is 3. The molecule has 0 heterocycles. The van der Waals surface area contributed by atoms with Gasteiger partial charge in [0.25, 0.3) is 0 Å². The second kappa shape index (κ2) is 18.6. The van der Waals surface area contributed by atoms with Crippen LogP contribution in [0, 0.1) is 0 Å². The molecule has 0 amide bonds. The van der Waals surface area contributed by atoms with Gasteiger partial charge in [-0.3, -0.25) is 0 Å². The van der Waals surface area contributed by atoms with Gasteiger partial charge in [-0.15, -0.1) is 0 Å². The zero-order chi connectivity index (χ0) is 56.5. The minimum Gasteiger partial charge on any atom is -0.310 e. The first-order chi connectivity index (χ1) is 39.5. The molecular formula is C81H71N. The van der Waals surface area contributed by atoms with E-state index in [-0.39, 0.29) is 21.7 Å². The molecule has 0 saturated carbocycles. The largest absolute Gasteiger partial charge is 0.310 e. The van der Waals surface area contributed by atoms with Crippen LogP contribution in [-0.2, 0) is 27.1 Å². The van der Waals surface area contributed by atoms with Gasteiger partial charge in [0.15, 0.2) is 0 Å². The smallest absolute Gasteiger partial charge is 0.0714 e. The normalized spacial score (nSPS) is 14.8. The van der Waals surface area contributed by atoms with Crippen molar-refractivity contribution >= 4 is 17.1 Å². The Morgan fingerprint density at radius 3 is 1.28 bits per heavy atom. The minimum absolute atomic E-state index is 0.0143. The summed E-state index contributed by atoms with van der Waals surface area (Å²) in [5, 5.41) is 0. The molecule has 0 aliphatic heterocycles. The number of hydrogen-bond acceptors (Lipinski definition) is 1. The maximum absolute atomic E-state index is 2.52. The maximum atomic E-state index is 2.52. The first kappa shape index (κ1) is 51.4. The number of fused-ring (bicyclic) bond motifs is 9. The SMILES string of the molecule is CC(C)(C)c1ccc(C2(c3ccc(C(C)(C)C)cc3)c3ccccc3-c3c(N(c4ccc(-c5ccc6c(c5)C(C)(C)c5ccccc5-6)cc4)c4ccc(-c5ccccc5-c5cccc6c5C(C)(C)c5ccccc5-6)cc4)cccc32)cc1. The third-order valence-corrected chi connectivity index (χ3v) is 18.9. The fourth-order valence-corrected chi connectivity index (χ4v) is 14.7. The number of rotatable bonds is 8. The van der Waals surface area contributed by atoms with Gasteiger partial charge in [0, 0.05) is 27.8 Å². The predicted octanol–water partition coefficient (Wildman–Crippen LogP) is 21.7. The van der Waals surface area contributed by atoms with Crippen LogP contribution in [0.4, 0.5) is 17.1 Å². The lowest BCUT2D eigenvalue weighted by molar-refractivity contribution is 0.588. The van der Waals surface area contributed by atoms with Crippen LogP contribution in [-0.4, -0.2) is 0 Å². The number of nitrogens with zero attached hydrogens (tertiary/aromatic N) is 1. The summed E-state index contributed by atoms with van der Waals surface area (Å²) in [5.74, 6) is 0. The zero-order valence-electron chi connectivity index (χ0n) is 49.1. The second-order valence-electron chi connectivity index (χ2n) is 26.5. The summed E-state index contributed by atoms with van der Waals surface area (Å²) >= 11 is 0. The van der Waals surface area contributed by atoms with Crippen LogP contribution in [0.1, 0.15) is 125 Å². The lowest BCUT2D eigenvalue weighted by atomic mass is 9.67. The second-order valence-corrected chi connectivity index (χ2v) is 26.5. The van der Waals surface area contributed by atoms with E-state index in [2.05, 4.69) is 323 Å². The summed E-state index contributed by atoms with van der Waals surface area (Å²) in [6.07, 6.45) is 0. The quantitative estimate of drug-likeness (QED) is 0.147. The molecule has 1 heteroatoms.